The van der Waals surface area contributed by atoms with Gasteiger partial charge in [-0.25, -0.2) is 16.8 Å². The summed E-state index contributed by atoms with van der Waals surface area (Å²) in [6.07, 6.45) is 2.08. The number of hydrogen-bond acceptors (Lipinski definition) is 4. The molecule has 0 aromatic heterocycles. The van der Waals surface area contributed by atoms with Crippen molar-refractivity contribution in [2.45, 2.75) is 24.9 Å². The van der Waals surface area contributed by atoms with Crippen molar-refractivity contribution in [3.05, 3.63) is 0 Å². The number of hydrogen-bond donors (Lipinski definition) is 0. The van der Waals surface area contributed by atoms with Crippen LogP contribution in [0.2, 0.25) is 0 Å². The molecule has 0 aliphatic rings. The largest absolute Gasteiger partial charge is 0.228 e. The van der Waals surface area contributed by atoms with E-state index in [-0.39, 0.29) is 12.3 Å². The highest BCUT2D eigenvalue weighted by Gasteiger charge is 2.31. The molecule has 0 bridgehead atoms. The van der Waals surface area contributed by atoms with E-state index in [9.17, 15) is 16.8 Å². The van der Waals surface area contributed by atoms with Gasteiger partial charge >= 0.3 is 0 Å². The van der Waals surface area contributed by atoms with E-state index in [1.165, 1.54) is 0 Å². The molecule has 80 valence electrons. The fourth-order valence-electron chi connectivity index (χ4n) is 1.05. The zero-order valence-electron chi connectivity index (χ0n) is 8.31. The third kappa shape index (κ3) is 4.61. The van der Waals surface area contributed by atoms with Gasteiger partial charge in [0.25, 0.3) is 0 Å². The topological polar surface area (TPSA) is 68.3 Å². The minimum absolute atomic E-state index is 0.0504. The fraction of sp³-hybridized carbons (Fsp3) is 1.00. The first-order valence-electron chi connectivity index (χ1n) is 3.93. The Morgan fingerprint density at radius 3 is 1.31 bits per heavy atom. The Bertz CT molecular complexity index is 318. The van der Waals surface area contributed by atoms with Crippen LogP contribution in [0.1, 0.15) is 20.3 Å². The molecule has 0 aromatic carbocycles. The van der Waals surface area contributed by atoms with Crippen molar-refractivity contribution in [2.75, 3.05) is 12.5 Å². The van der Waals surface area contributed by atoms with Crippen molar-refractivity contribution in [3.8, 4) is 0 Å². The molecule has 0 aliphatic carbocycles. The molecule has 0 spiro atoms. The van der Waals surface area contributed by atoms with Crippen LogP contribution in [0.3, 0.4) is 0 Å². The van der Waals surface area contributed by atoms with Gasteiger partial charge in [0.05, 0.1) is 0 Å². The molecule has 0 rings (SSSR count). The zero-order chi connectivity index (χ0) is 10.9. The molecule has 0 radical (unpaired) electrons. The third-order valence-electron chi connectivity index (χ3n) is 1.62. The predicted octanol–water partition coefficient (Wildman–Crippen LogP) is 0.448. The van der Waals surface area contributed by atoms with Gasteiger partial charge in [0, 0.05) is 12.5 Å². The summed E-state index contributed by atoms with van der Waals surface area (Å²) in [6.45, 7) is 3.59. The van der Waals surface area contributed by atoms with Gasteiger partial charge in [-0.05, 0) is 12.3 Å². The van der Waals surface area contributed by atoms with Gasteiger partial charge in [-0.1, -0.05) is 13.8 Å². The van der Waals surface area contributed by atoms with E-state index in [2.05, 4.69) is 0 Å². The summed E-state index contributed by atoms with van der Waals surface area (Å²) >= 11 is 0. The average Bonchev–Trinajstić information content (AvgIpc) is 1.77. The molecule has 0 aliphatic heterocycles. The van der Waals surface area contributed by atoms with E-state index >= 15 is 0 Å². The van der Waals surface area contributed by atoms with Gasteiger partial charge < -0.3 is 0 Å². The quantitative estimate of drug-likeness (QED) is 0.700. The second-order valence-electron chi connectivity index (χ2n) is 3.72. The lowest BCUT2D eigenvalue weighted by Gasteiger charge is -2.14. The molecular formula is C7H16O4S2. The molecule has 6 heteroatoms. The van der Waals surface area contributed by atoms with E-state index < -0.39 is 24.3 Å². The first kappa shape index (κ1) is 12.9. The standard InChI is InChI=1S/C7H16O4S2/c1-6(2)5-7(12(3,8)9)13(4,10)11/h6-7H,5H2,1-4H3. The molecule has 0 saturated carbocycles. The molecule has 0 saturated heterocycles. The van der Waals surface area contributed by atoms with Crippen LogP contribution in [-0.2, 0) is 19.7 Å². The van der Waals surface area contributed by atoms with Crippen molar-refractivity contribution in [2.24, 2.45) is 5.92 Å². The molecule has 0 aromatic rings. The van der Waals surface area contributed by atoms with E-state index in [0.29, 0.717) is 0 Å². The lowest BCUT2D eigenvalue weighted by Crippen LogP contribution is -2.30. The minimum atomic E-state index is -3.51. The summed E-state index contributed by atoms with van der Waals surface area (Å²) in [5.41, 5.74) is 0. The second kappa shape index (κ2) is 3.96. The number of rotatable bonds is 4. The van der Waals surface area contributed by atoms with E-state index in [4.69, 9.17) is 0 Å². The highest BCUT2D eigenvalue weighted by atomic mass is 32.3. The van der Waals surface area contributed by atoms with Crippen molar-refractivity contribution in [1.82, 2.24) is 0 Å². The molecule has 0 fully saturated rings. The monoisotopic (exact) mass is 228 g/mol. The maximum atomic E-state index is 11.1. The SMILES string of the molecule is CC(C)CC(S(C)(=O)=O)S(C)(=O)=O. The molecule has 0 heterocycles. The summed E-state index contributed by atoms with van der Waals surface area (Å²) < 4.78 is 43.3. The molecular weight excluding hydrogens is 212 g/mol. The van der Waals surface area contributed by atoms with Crippen molar-refractivity contribution >= 4 is 19.7 Å². The van der Waals surface area contributed by atoms with Crippen LogP contribution in [0.4, 0.5) is 0 Å². The first-order valence-corrected chi connectivity index (χ1v) is 7.83. The van der Waals surface area contributed by atoms with Crippen LogP contribution in [0.5, 0.6) is 0 Å². The van der Waals surface area contributed by atoms with Crippen LogP contribution in [0, 0.1) is 5.92 Å². The lowest BCUT2D eigenvalue weighted by atomic mass is 10.2. The van der Waals surface area contributed by atoms with Gasteiger partial charge in [-0.15, -0.1) is 0 Å². The van der Waals surface area contributed by atoms with E-state index in [1.54, 1.807) is 13.8 Å². The second-order valence-corrected chi connectivity index (χ2v) is 8.47. The van der Waals surface area contributed by atoms with Crippen LogP contribution in [-0.4, -0.2) is 33.9 Å². The first-order chi connectivity index (χ1) is 5.55. The highest BCUT2D eigenvalue weighted by Crippen LogP contribution is 2.16. The summed E-state index contributed by atoms with van der Waals surface area (Å²) in [6, 6.07) is 0. The van der Waals surface area contributed by atoms with Crippen LogP contribution < -0.4 is 0 Å². The summed E-state index contributed by atoms with van der Waals surface area (Å²) in [5.74, 6) is 0.0504. The Morgan fingerprint density at radius 2 is 1.23 bits per heavy atom. The normalized spacial score (nSPS) is 14.0. The Labute approximate surface area is 80.2 Å². The smallest absolute Gasteiger partial charge is 0.164 e. The highest BCUT2D eigenvalue weighted by molar-refractivity contribution is 8.08. The lowest BCUT2D eigenvalue weighted by molar-refractivity contribution is 0.545. The molecule has 13 heavy (non-hydrogen) atoms. The van der Waals surface area contributed by atoms with E-state index in [0.717, 1.165) is 12.5 Å². The van der Waals surface area contributed by atoms with E-state index in [1.807, 2.05) is 0 Å². The van der Waals surface area contributed by atoms with Crippen molar-refractivity contribution in [1.29, 1.82) is 0 Å². The van der Waals surface area contributed by atoms with Gasteiger partial charge in [0.1, 0.15) is 0 Å². The van der Waals surface area contributed by atoms with Crippen LogP contribution in [0.25, 0.3) is 0 Å². The molecule has 0 amide bonds. The van der Waals surface area contributed by atoms with Crippen LogP contribution >= 0.6 is 0 Å². The molecule has 0 unspecified atom stereocenters. The van der Waals surface area contributed by atoms with Crippen molar-refractivity contribution < 1.29 is 16.8 Å². The Morgan fingerprint density at radius 1 is 0.923 bits per heavy atom. The van der Waals surface area contributed by atoms with Gasteiger partial charge in [-0.3, -0.25) is 0 Å². The molecule has 0 N–H and O–H groups in total. The average molecular weight is 228 g/mol. The maximum absolute atomic E-state index is 11.1. The predicted molar refractivity (Wildman–Crippen MR) is 52.9 cm³/mol. The number of sulfone groups is 2. The summed E-state index contributed by atoms with van der Waals surface area (Å²) in [5, 5.41) is 0. The molecule has 4 nitrogen and oxygen atoms in total. The zero-order valence-corrected chi connectivity index (χ0v) is 9.94. The Balaban J connectivity index is 5.03. The minimum Gasteiger partial charge on any atom is -0.228 e. The van der Waals surface area contributed by atoms with Gasteiger partial charge in [0.15, 0.2) is 24.3 Å². The maximum Gasteiger partial charge on any atom is 0.164 e. The van der Waals surface area contributed by atoms with Crippen molar-refractivity contribution in [3.63, 3.8) is 0 Å². The summed E-state index contributed by atoms with van der Waals surface area (Å²) in [7, 11) is -7.01. The molecule has 0 atom stereocenters. The fourth-order valence-corrected chi connectivity index (χ4v) is 5.06. The Kier molecular flexibility index (Phi) is 3.93. The van der Waals surface area contributed by atoms with Gasteiger partial charge in [-0.2, -0.15) is 0 Å². The summed E-state index contributed by atoms with van der Waals surface area (Å²) in [4.78, 5) is 0. The van der Waals surface area contributed by atoms with Gasteiger partial charge in [0.2, 0.25) is 0 Å². The third-order valence-corrected chi connectivity index (χ3v) is 6.01. The van der Waals surface area contributed by atoms with Crippen LogP contribution in [0.15, 0.2) is 0 Å². The Hall–Kier alpha value is -0.100.